The van der Waals surface area contributed by atoms with Crippen LogP contribution in [-0.4, -0.2) is 28.7 Å². The number of carbonyl (C=O) groups is 1. The molecule has 14 heavy (non-hydrogen) atoms. The fourth-order valence-corrected chi connectivity index (χ4v) is 2.04. The van der Waals surface area contributed by atoms with Gasteiger partial charge in [-0.25, -0.2) is 4.79 Å². The van der Waals surface area contributed by atoms with Crippen LogP contribution < -0.4 is 5.32 Å². The molecule has 0 amide bonds. The minimum absolute atomic E-state index is 0.238. The zero-order valence-corrected chi connectivity index (χ0v) is 9.35. The Morgan fingerprint density at radius 2 is 2.29 bits per heavy atom. The molecule has 0 aromatic heterocycles. The lowest BCUT2D eigenvalue weighted by atomic mass is 10.2. The second-order valence-electron chi connectivity index (χ2n) is 4.10. The quantitative estimate of drug-likeness (QED) is 0.657. The highest BCUT2D eigenvalue weighted by Crippen LogP contribution is 2.21. The molecule has 1 heterocycles. The maximum absolute atomic E-state index is 11.5. The van der Waals surface area contributed by atoms with Gasteiger partial charge in [-0.15, -0.1) is 11.8 Å². The molecule has 0 saturated carbocycles. The molecule has 78 valence electrons. The van der Waals surface area contributed by atoms with E-state index >= 15 is 0 Å². The van der Waals surface area contributed by atoms with Crippen LogP contribution in [0.25, 0.3) is 0 Å². The van der Waals surface area contributed by atoms with Crippen LogP contribution >= 0.6 is 11.8 Å². The van der Waals surface area contributed by atoms with Gasteiger partial charge in [-0.2, -0.15) is 5.26 Å². The molecule has 1 saturated heterocycles. The fourth-order valence-electron chi connectivity index (χ4n) is 1.04. The third-order valence-electron chi connectivity index (χ3n) is 1.56. The lowest BCUT2D eigenvalue weighted by Gasteiger charge is -2.21. The maximum Gasteiger partial charge on any atom is 0.334 e. The molecule has 0 spiro atoms. The largest absolute Gasteiger partial charge is 0.458 e. The highest BCUT2D eigenvalue weighted by atomic mass is 32.2. The molecule has 1 fully saturated rings. The first-order chi connectivity index (χ1) is 6.42. The molecule has 0 bridgehead atoms. The van der Waals surface area contributed by atoms with Crippen molar-refractivity contribution in [1.29, 1.82) is 5.26 Å². The maximum atomic E-state index is 11.5. The van der Waals surface area contributed by atoms with Crippen molar-refractivity contribution in [2.75, 3.05) is 5.75 Å². The number of nitriles is 1. The van der Waals surface area contributed by atoms with Crippen molar-refractivity contribution in [2.45, 2.75) is 37.8 Å². The van der Waals surface area contributed by atoms with Gasteiger partial charge in [-0.3, -0.25) is 5.32 Å². The molecule has 0 radical (unpaired) electrons. The Morgan fingerprint density at radius 1 is 1.64 bits per heavy atom. The first-order valence-corrected chi connectivity index (χ1v) is 5.47. The second kappa shape index (κ2) is 4.20. The highest BCUT2D eigenvalue weighted by molar-refractivity contribution is 8.00. The summed E-state index contributed by atoms with van der Waals surface area (Å²) in [5.74, 6) is 0.348. The minimum atomic E-state index is -0.468. The number of esters is 1. The predicted octanol–water partition coefficient (Wildman–Crippen LogP) is 0.883. The molecule has 1 aliphatic rings. The van der Waals surface area contributed by atoms with Crippen molar-refractivity contribution in [1.82, 2.24) is 5.32 Å². The van der Waals surface area contributed by atoms with E-state index in [0.29, 0.717) is 5.75 Å². The van der Waals surface area contributed by atoms with E-state index in [9.17, 15) is 4.79 Å². The topological polar surface area (TPSA) is 62.1 Å². The molecule has 4 nitrogen and oxygen atoms in total. The molecule has 5 heteroatoms. The van der Waals surface area contributed by atoms with Gasteiger partial charge in [0, 0.05) is 5.75 Å². The van der Waals surface area contributed by atoms with Gasteiger partial charge < -0.3 is 4.74 Å². The minimum Gasteiger partial charge on any atom is -0.458 e. The summed E-state index contributed by atoms with van der Waals surface area (Å²) in [6, 6.07) is 1.83. The van der Waals surface area contributed by atoms with E-state index in [-0.39, 0.29) is 17.4 Å². The van der Waals surface area contributed by atoms with Gasteiger partial charge in [-0.1, -0.05) is 0 Å². The standard InChI is InChI=1S/C9H14N2O2S/c1-9(2,3)13-8(12)7-11-6(4-10)5-14-7/h6-7,11H,5H2,1-3H3. The number of carbonyl (C=O) groups excluding carboxylic acids is 1. The molecule has 0 aromatic carbocycles. The van der Waals surface area contributed by atoms with Crippen molar-refractivity contribution in [3.05, 3.63) is 0 Å². The third kappa shape index (κ3) is 3.20. The molecule has 0 aliphatic carbocycles. The Bertz CT molecular complexity index is 267. The van der Waals surface area contributed by atoms with Crippen molar-refractivity contribution >= 4 is 17.7 Å². The van der Waals surface area contributed by atoms with Crippen molar-refractivity contribution in [2.24, 2.45) is 0 Å². The van der Waals surface area contributed by atoms with Crippen LogP contribution in [0.4, 0.5) is 0 Å². The number of ether oxygens (including phenoxy) is 1. The van der Waals surface area contributed by atoms with Gasteiger partial charge in [0.15, 0.2) is 5.37 Å². The summed E-state index contributed by atoms with van der Waals surface area (Å²) < 4.78 is 5.18. The van der Waals surface area contributed by atoms with Crippen LogP contribution in [-0.2, 0) is 9.53 Å². The average molecular weight is 214 g/mol. The third-order valence-corrected chi connectivity index (χ3v) is 2.75. The number of thioether (sulfide) groups is 1. The van der Waals surface area contributed by atoms with Crippen LogP contribution in [0.2, 0.25) is 0 Å². The predicted molar refractivity (Wildman–Crippen MR) is 54.6 cm³/mol. The monoisotopic (exact) mass is 214 g/mol. The van der Waals surface area contributed by atoms with Gasteiger partial charge in [0.2, 0.25) is 0 Å². The Morgan fingerprint density at radius 3 is 2.71 bits per heavy atom. The van der Waals surface area contributed by atoms with E-state index in [1.807, 2.05) is 20.8 Å². The van der Waals surface area contributed by atoms with Crippen LogP contribution in [0.5, 0.6) is 0 Å². The second-order valence-corrected chi connectivity index (χ2v) is 5.23. The summed E-state index contributed by atoms with van der Waals surface area (Å²) in [6.07, 6.45) is 0. The Balaban J connectivity index is 2.45. The lowest BCUT2D eigenvalue weighted by Crippen LogP contribution is -2.38. The van der Waals surface area contributed by atoms with Gasteiger partial charge in [0.1, 0.15) is 11.6 Å². The first-order valence-electron chi connectivity index (χ1n) is 4.42. The molecular weight excluding hydrogens is 200 g/mol. The van der Waals surface area contributed by atoms with E-state index < -0.39 is 5.60 Å². The number of hydrogen-bond acceptors (Lipinski definition) is 5. The molecule has 1 rings (SSSR count). The zero-order valence-electron chi connectivity index (χ0n) is 8.53. The fraction of sp³-hybridized carbons (Fsp3) is 0.778. The zero-order chi connectivity index (χ0) is 10.8. The number of rotatable bonds is 1. The molecule has 2 atom stereocenters. The number of hydrogen-bond donors (Lipinski definition) is 1. The molecule has 2 unspecified atom stereocenters. The van der Waals surface area contributed by atoms with E-state index in [2.05, 4.69) is 11.4 Å². The summed E-state index contributed by atoms with van der Waals surface area (Å²) in [4.78, 5) is 11.5. The van der Waals surface area contributed by atoms with E-state index in [0.717, 1.165) is 0 Å². The van der Waals surface area contributed by atoms with Gasteiger partial charge in [-0.05, 0) is 20.8 Å². The van der Waals surface area contributed by atoms with Crippen molar-refractivity contribution in [3.8, 4) is 6.07 Å². The van der Waals surface area contributed by atoms with Crippen molar-refractivity contribution in [3.63, 3.8) is 0 Å². The Hall–Kier alpha value is -0.730. The Kier molecular flexibility index (Phi) is 3.40. The van der Waals surface area contributed by atoms with Gasteiger partial charge in [0.05, 0.1) is 6.07 Å². The average Bonchev–Trinajstić information content (AvgIpc) is 2.48. The van der Waals surface area contributed by atoms with Crippen LogP contribution in [0.3, 0.4) is 0 Å². The van der Waals surface area contributed by atoms with E-state index in [1.165, 1.54) is 11.8 Å². The first kappa shape index (κ1) is 11.3. The van der Waals surface area contributed by atoms with Crippen molar-refractivity contribution < 1.29 is 9.53 Å². The normalized spacial score (nSPS) is 27.0. The summed E-state index contributed by atoms with van der Waals surface area (Å²) in [5, 5.41) is 11.1. The van der Waals surface area contributed by atoms with Crippen LogP contribution in [0.15, 0.2) is 0 Å². The van der Waals surface area contributed by atoms with Gasteiger partial charge >= 0.3 is 5.97 Å². The van der Waals surface area contributed by atoms with E-state index in [1.54, 1.807) is 0 Å². The SMILES string of the molecule is CC(C)(C)OC(=O)C1NC(C#N)CS1. The van der Waals surface area contributed by atoms with Crippen LogP contribution in [0.1, 0.15) is 20.8 Å². The summed E-state index contributed by atoms with van der Waals surface area (Å²) in [7, 11) is 0. The summed E-state index contributed by atoms with van der Waals surface area (Å²) in [5.41, 5.74) is -0.468. The molecule has 0 aromatic rings. The molecular formula is C9H14N2O2S. The van der Waals surface area contributed by atoms with Crippen LogP contribution in [0, 0.1) is 11.3 Å². The highest BCUT2D eigenvalue weighted by Gasteiger charge is 2.32. The molecule has 1 aliphatic heterocycles. The molecule has 1 N–H and O–H groups in total. The van der Waals surface area contributed by atoms with E-state index in [4.69, 9.17) is 10.00 Å². The summed E-state index contributed by atoms with van der Waals surface area (Å²) >= 11 is 1.42. The lowest BCUT2D eigenvalue weighted by molar-refractivity contribution is -0.154. The smallest absolute Gasteiger partial charge is 0.334 e. The van der Waals surface area contributed by atoms with Gasteiger partial charge in [0.25, 0.3) is 0 Å². The summed E-state index contributed by atoms with van der Waals surface area (Å²) in [6.45, 7) is 5.48. The Labute approximate surface area is 88.0 Å². The number of nitrogens with zero attached hydrogens (tertiary/aromatic N) is 1. The number of nitrogens with one attached hydrogen (secondary N) is 1.